The predicted molar refractivity (Wildman–Crippen MR) is 30.6 cm³/mol. The monoisotopic (exact) mass is 140 g/mol. The van der Waals surface area contributed by atoms with Crippen LogP contribution in [0.3, 0.4) is 0 Å². The summed E-state index contributed by atoms with van der Waals surface area (Å²) in [5, 5.41) is 0. The van der Waals surface area contributed by atoms with Gasteiger partial charge >= 0.3 is 6.03 Å². The lowest BCUT2D eigenvalue weighted by Gasteiger charge is -2.05. The van der Waals surface area contributed by atoms with Crippen molar-refractivity contribution in [2.24, 2.45) is 5.73 Å². The summed E-state index contributed by atoms with van der Waals surface area (Å²) >= 11 is 0. The van der Waals surface area contributed by atoms with Crippen LogP contribution >= 0.6 is 0 Å². The predicted octanol–water partition coefficient (Wildman–Crippen LogP) is -1.01. The van der Waals surface area contributed by atoms with Crippen molar-refractivity contribution in [2.75, 3.05) is 0 Å². The Morgan fingerprint density at radius 2 is 1.70 bits per heavy atom. The van der Waals surface area contributed by atoms with E-state index in [2.05, 4.69) is 5.73 Å². The van der Waals surface area contributed by atoms with Crippen molar-refractivity contribution in [3.05, 3.63) is 12.2 Å². The smallest absolute Gasteiger partial charge is 0.328 e. The zero-order valence-electron chi connectivity index (χ0n) is 4.90. The third-order valence-corrected chi connectivity index (χ3v) is 1.03. The van der Waals surface area contributed by atoms with E-state index < -0.39 is 17.8 Å². The van der Waals surface area contributed by atoms with Gasteiger partial charge in [0.15, 0.2) is 0 Å². The quantitative estimate of drug-likeness (QED) is 0.438. The molecule has 4 amide bonds. The second-order valence-corrected chi connectivity index (χ2v) is 1.68. The van der Waals surface area contributed by atoms with Crippen molar-refractivity contribution in [3.63, 3.8) is 0 Å². The van der Waals surface area contributed by atoms with Gasteiger partial charge in [-0.3, -0.25) is 9.59 Å². The Morgan fingerprint density at radius 3 is 1.90 bits per heavy atom. The number of carbonyl (C=O) groups excluding carboxylic acids is 3. The summed E-state index contributed by atoms with van der Waals surface area (Å²) < 4.78 is 0. The Hall–Kier alpha value is -1.65. The van der Waals surface area contributed by atoms with E-state index in [1.54, 1.807) is 0 Å². The van der Waals surface area contributed by atoms with Crippen LogP contribution in [0.15, 0.2) is 12.2 Å². The van der Waals surface area contributed by atoms with Crippen molar-refractivity contribution >= 4 is 17.8 Å². The molecule has 0 saturated heterocycles. The molecule has 5 heteroatoms. The third kappa shape index (κ3) is 0.771. The first-order valence-corrected chi connectivity index (χ1v) is 2.48. The first kappa shape index (κ1) is 6.47. The van der Waals surface area contributed by atoms with Gasteiger partial charge in [-0.15, -0.1) is 0 Å². The minimum atomic E-state index is -1.04. The van der Waals surface area contributed by atoms with Gasteiger partial charge in [-0.25, -0.2) is 4.79 Å². The molecule has 52 valence electrons. The van der Waals surface area contributed by atoms with E-state index in [0.29, 0.717) is 4.90 Å². The summed E-state index contributed by atoms with van der Waals surface area (Å²) in [5.74, 6) is -1.37. The van der Waals surface area contributed by atoms with E-state index in [1.165, 1.54) is 0 Å². The molecule has 0 bridgehead atoms. The number of rotatable bonds is 0. The average molecular weight is 140 g/mol. The topological polar surface area (TPSA) is 80.5 Å². The van der Waals surface area contributed by atoms with Gasteiger partial charge in [-0.1, -0.05) is 0 Å². The molecule has 0 aromatic heterocycles. The Bertz CT molecular complexity index is 225. The molecule has 0 fully saturated rings. The summed E-state index contributed by atoms with van der Waals surface area (Å²) in [5.41, 5.74) is 4.68. The molecular formula is C5H4N2O3. The minimum absolute atomic E-state index is 0.361. The normalized spacial score (nSPS) is 16.6. The maximum absolute atomic E-state index is 10.5. The Labute approximate surface area is 56.1 Å². The molecule has 0 aromatic carbocycles. The fraction of sp³-hybridized carbons (Fsp3) is 0. The second-order valence-electron chi connectivity index (χ2n) is 1.68. The fourth-order valence-electron chi connectivity index (χ4n) is 0.617. The summed E-state index contributed by atoms with van der Waals surface area (Å²) in [6.45, 7) is 0. The molecule has 1 heterocycles. The van der Waals surface area contributed by atoms with Crippen molar-refractivity contribution in [3.8, 4) is 0 Å². The Morgan fingerprint density at radius 1 is 1.30 bits per heavy atom. The lowest BCUT2D eigenvalue weighted by atomic mass is 10.6. The summed E-state index contributed by atoms with van der Waals surface area (Å²) in [6.07, 6.45) is 1.99. The van der Waals surface area contributed by atoms with Crippen LogP contribution < -0.4 is 5.73 Å². The van der Waals surface area contributed by atoms with Gasteiger partial charge in [-0.2, -0.15) is 4.90 Å². The number of carbonyl (C=O) groups is 3. The van der Waals surface area contributed by atoms with Gasteiger partial charge in [0.2, 0.25) is 0 Å². The van der Waals surface area contributed by atoms with Crippen molar-refractivity contribution in [1.82, 2.24) is 4.90 Å². The van der Waals surface area contributed by atoms with Crippen LogP contribution in [0.5, 0.6) is 0 Å². The standard InChI is InChI=1S/C5H4N2O3/c6-5(10)7-3(8)1-2-4(7)9/h1-2H,(H2,6,10). The highest BCUT2D eigenvalue weighted by atomic mass is 16.2. The van der Waals surface area contributed by atoms with Gasteiger partial charge in [0, 0.05) is 12.2 Å². The fourth-order valence-corrected chi connectivity index (χ4v) is 0.617. The molecule has 0 atom stereocenters. The van der Waals surface area contributed by atoms with E-state index in [0.717, 1.165) is 12.2 Å². The summed E-state index contributed by atoms with van der Waals surface area (Å²) in [7, 11) is 0. The maximum Gasteiger partial charge on any atom is 0.328 e. The van der Waals surface area contributed by atoms with E-state index in [9.17, 15) is 14.4 Å². The van der Waals surface area contributed by atoms with Gasteiger partial charge in [0.05, 0.1) is 0 Å². The van der Waals surface area contributed by atoms with E-state index in [-0.39, 0.29) is 0 Å². The Balaban J connectivity index is 2.90. The van der Waals surface area contributed by atoms with E-state index in [4.69, 9.17) is 0 Å². The first-order valence-electron chi connectivity index (χ1n) is 2.48. The number of nitrogens with two attached hydrogens (primary N) is 1. The Kier molecular flexibility index (Phi) is 1.26. The first-order chi connectivity index (χ1) is 4.63. The van der Waals surface area contributed by atoms with Crippen LogP contribution in [0, 0.1) is 0 Å². The minimum Gasteiger partial charge on any atom is -0.351 e. The van der Waals surface area contributed by atoms with E-state index >= 15 is 0 Å². The van der Waals surface area contributed by atoms with Crippen LogP contribution in [0.4, 0.5) is 4.79 Å². The molecule has 1 rings (SSSR count). The highest BCUT2D eigenvalue weighted by molar-refractivity contribution is 6.22. The van der Waals surface area contributed by atoms with Gasteiger partial charge in [0.25, 0.3) is 11.8 Å². The van der Waals surface area contributed by atoms with Crippen LogP contribution in [-0.2, 0) is 9.59 Å². The van der Waals surface area contributed by atoms with Gasteiger partial charge in [-0.05, 0) is 0 Å². The molecule has 0 saturated carbocycles. The molecule has 1 aliphatic rings. The van der Waals surface area contributed by atoms with Crippen LogP contribution in [0.1, 0.15) is 0 Å². The van der Waals surface area contributed by atoms with Crippen LogP contribution in [0.2, 0.25) is 0 Å². The van der Waals surface area contributed by atoms with Gasteiger partial charge < -0.3 is 5.73 Å². The van der Waals surface area contributed by atoms with Crippen LogP contribution in [0.25, 0.3) is 0 Å². The lowest BCUT2D eigenvalue weighted by molar-refractivity contribution is -0.132. The molecule has 0 radical (unpaired) electrons. The van der Waals surface area contributed by atoms with Crippen molar-refractivity contribution in [1.29, 1.82) is 0 Å². The number of hydrogen-bond acceptors (Lipinski definition) is 3. The highest BCUT2D eigenvalue weighted by Crippen LogP contribution is 2.01. The number of primary amides is 1. The van der Waals surface area contributed by atoms with Gasteiger partial charge in [0.1, 0.15) is 0 Å². The largest absolute Gasteiger partial charge is 0.351 e. The molecular weight excluding hydrogens is 136 g/mol. The molecule has 5 nitrogen and oxygen atoms in total. The molecule has 0 spiro atoms. The van der Waals surface area contributed by atoms with Crippen molar-refractivity contribution < 1.29 is 14.4 Å². The molecule has 2 N–H and O–H groups in total. The molecule has 0 aliphatic carbocycles. The zero-order chi connectivity index (χ0) is 7.72. The lowest BCUT2D eigenvalue weighted by Crippen LogP contribution is -2.40. The maximum atomic E-state index is 10.5. The second kappa shape index (κ2) is 1.94. The molecule has 0 unspecified atom stereocenters. The molecule has 0 aromatic rings. The average Bonchev–Trinajstić information content (AvgIpc) is 2.11. The van der Waals surface area contributed by atoms with Crippen molar-refractivity contribution in [2.45, 2.75) is 0 Å². The SMILES string of the molecule is NC(=O)N1C(=O)C=CC1=O. The summed E-state index contributed by atoms with van der Waals surface area (Å²) in [6, 6.07) is -1.04. The number of urea groups is 1. The number of imide groups is 3. The highest BCUT2D eigenvalue weighted by Gasteiger charge is 2.27. The molecule has 1 aliphatic heterocycles. The summed E-state index contributed by atoms with van der Waals surface area (Å²) in [4.78, 5) is 31.7. The molecule has 10 heavy (non-hydrogen) atoms. The number of nitrogens with zero attached hydrogens (tertiary/aromatic N) is 1. The van der Waals surface area contributed by atoms with E-state index in [1.807, 2.05) is 0 Å². The zero-order valence-corrected chi connectivity index (χ0v) is 4.90. The van der Waals surface area contributed by atoms with Crippen LogP contribution in [-0.4, -0.2) is 22.7 Å². The number of amides is 4. The number of hydrogen-bond donors (Lipinski definition) is 1. The third-order valence-electron chi connectivity index (χ3n) is 1.03.